The average Bonchev–Trinajstić information content (AvgIpc) is 2.37. The molecule has 0 amide bonds. The molecule has 0 unspecified atom stereocenters. The van der Waals surface area contributed by atoms with Gasteiger partial charge in [0.25, 0.3) is 0 Å². The number of hydrogen-bond donors (Lipinski definition) is 0. The van der Waals surface area contributed by atoms with Crippen LogP contribution in [-0.2, 0) is 6.18 Å². The standard InChI is InChI=1S/C15H14ClF3/c16-14-8-4-7-13(15(17,18)19)12(14)10-9-11-5-2-1-3-6-11/h4,7-8,11H,1-3,5-6H2. The molecular weight excluding hydrogens is 273 g/mol. The predicted octanol–water partition coefficient (Wildman–Crippen LogP) is 5.29. The predicted molar refractivity (Wildman–Crippen MR) is 69.9 cm³/mol. The van der Waals surface area contributed by atoms with Crippen molar-refractivity contribution < 1.29 is 13.2 Å². The topological polar surface area (TPSA) is 0 Å². The van der Waals surface area contributed by atoms with Gasteiger partial charge in [-0.3, -0.25) is 0 Å². The molecule has 4 heteroatoms. The molecule has 1 fully saturated rings. The molecule has 102 valence electrons. The Morgan fingerprint density at radius 1 is 1.11 bits per heavy atom. The summed E-state index contributed by atoms with van der Waals surface area (Å²) >= 11 is 5.85. The van der Waals surface area contributed by atoms with E-state index in [-0.39, 0.29) is 16.5 Å². The smallest absolute Gasteiger partial charge is 0.166 e. The molecule has 0 nitrogen and oxygen atoms in total. The summed E-state index contributed by atoms with van der Waals surface area (Å²) in [6, 6.07) is 3.77. The Labute approximate surface area is 116 Å². The number of hydrogen-bond acceptors (Lipinski definition) is 0. The quantitative estimate of drug-likeness (QED) is 0.568. The summed E-state index contributed by atoms with van der Waals surface area (Å²) in [6.45, 7) is 0. The molecule has 0 radical (unpaired) electrons. The minimum Gasteiger partial charge on any atom is -0.166 e. The van der Waals surface area contributed by atoms with Crippen LogP contribution < -0.4 is 0 Å². The van der Waals surface area contributed by atoms with Crippen molar-refractivity contribution in [2.45, 2.75) is 38.3 Å². The van der Waals surface area contributed by atoms with Gasteiger partial charge in [0, 0.05) is 5.92 Å². The Hall–Kier alpha value is -1.14. The van der Waals surface area contributed by atoms with E-state index in [2.05, 4.69) is 11.8 Å². The average molecular weight is 287 g/mol. The lowest BCUT2D eigenvalue weighted by atomic mass is 9.89. The van der Waals surface area contributed by atoms with Crippen molar-refractivity contribution in [2.75, 3.05) is 0 Å². The van der Waals surface area contributed by atoms with Gasteiger partial charge in [-0.15, -0.1) is 0 Å². The molecule has 0 bridgehead atoms. The van der Waals surface area contributed by atoms with Crippen LogP contribution in [0.2, 0.25) is 5.02 Å². The van der Waals surface area contributed by atoms with Gasteiger partial charge >= 0.3 is 6.18 Å². The minimum absolute atomic E-state index is 0.0677. The summed E-state index contributed by atoms with van der Waals surface area (Å²) < 4.78 is 38.6. The second kappa shape index (κ2) is 5.88. The highest BCUT2D eigenvalue weighted by Crippen LogP contribution is 2.34. The minimum atomic E-state index is -4.42. The van der Waals surface area contributed by atoms with E-state index in [0.29, 0.717) is 0 Å². The van der Waals surface area contributed by atoms with Crippen molar-refractivity contribution in [3.8, 4) is 11.8 Å². The van der Waals surface area contributed by atoms with Gasteiger partial charge in [0.1, 0.15) is 0 Å². The maximum absolute atomic E-state index is 12.9. The maximum atomic E-state index is 12.9. The number of rotatable bonds is 0. The number of alkyl halides is 3. The van der Waals surface area contributed by atoms with Gasteiger partial charge in [0.2, 0.25) is 0 Å². The molecule has 0 atom stereocenters. The second-order valence-corrected chi connectivity index (χ2v) is 5.17. The highest BCUT2D eigenvalue weighted by Gasteiger charge is 2.33. The van der Waals surface area contributed by atoms with Crippen LogP contribution in [0.15, 0.2) is 18.2 Å². The van der Waals surface area contributed by atoms with E-state index in [1.165, 1.54) is 18.6 Å². The molecule has 0 spiro atoms. The van der Waals surface area contributed by atoms with Crippen molar-refractivity contribution in [3.63, 3.8) is 0 Å². The summed E-state index contributed by atoms with van der Waals surface area (Å²) in [5, 5.41) is 0.0677. The maximum Gasteiger partial charge on any atom is 0.417 e. The van der Waals surface area contributed by atoms with Crippen LogP contribution in [0.5, 0.6) is 0 Å². The van der Waals surface area contributed by atoms with Gasteiger partial charge in [0.05, 0.1) is 16.1 Å². The molecule has 1 aliphatic carbocycles. The molecule has 1 aromatic carbocycles. The third-order valence-corrected chi connectivity index (χ3v) is 3.64. The van der Waals surface area contributed by atoms with Gasteiger partial charge in [0.15, 0.2) is 0 Å². The fraction of sp³-hybridized carbons (Fsp3) is 0.467. The second-order valence-electron chi connectivity index (χ2n) is 4.76. The molecule has 0 aromatic heterocycles. The van der Waals surface area contributed by atoms with Crippen LogP contribution in [0, 0.1) is 17.8 Å². The van der Waals surface area contributed by atoms with Crippen LogP contribution in [0.3, 0.4) is 0 Å². The lowest BCUT2D eigenvalue weighted by molar-refractivity contribution is -0.137. The summed E-state index contributed by atoms with van der Waals surface area (Å²) in [5.41, 5.74) is -0.842. The molecule has 19 heavy (non-hydrogen) atoms. The normalized spacial score (nSPS) is 16.8. The van der Waals surface area contributed by atoms with Gasteiger partial charge in [-0.2, -0.15) is 13.2 Å². The summed E-state index contributed by atoms with van der Waals surface area (Å²) in [4.78, 5) is 0. The van der Waals surface area contributed by atoms with Crippen molar-refractivity contribution in [2.24, 2.45) is 5.92 Å². The molecule has 1 saturated carbocycles. The van der Waals surface area contributed by atoms with Crippen molar-refractivity contribution >= 4 is 11.6 Å². The van der Waals surface area contributed by atoms with Gasteiger partial charge in [-0.25, -0.2) is 0 Å². The lowest BCUT2D eigenvalue weighted by Gasteiger charge is -2.16. The number of halogens is 4. The third-order valence-electron chi connectivity index (χ3n) is 3.33. The zero-order chi connectivity index (χ0) is 13.9. The van der Waals surface area contributed by atoms with E-state index in [9.17, 15) is 13.2 Å². The molecule has 0 saturated heterocycles. The Bertz CT molecular complexity index is 502. The molecule has 2 rings (SSSR count). The van der Waals surface area contributed by atoms with Crippen LogP contribution in [-0.4, -0.2) is 0 Å². The monoisotopic (exact) mass is 286 g/mol. The zero-order valence-corrected chi connectivity index (χ0v) is 11.1. The first-order valence-corrected chi connectivity index (χ1v) is 6.73. The third kappa shape index (κ3) is 3.67. The molecule has 1 aliphatic rings. The van der Waals surface area contributed by atoms with Gasteiger partial charge in [-0.05, 0) is 25.0 Å². The largest absolute Gasteiger partial charge is 0.417 e. The Morgan fingerprint density at radius 3 is 2.42 bits per heavy atom. The van der Waals surface area contributed by atoms with Gasteiger partial charge < -0.3 is 0 Å². The van der Waals surface area contributed by atoms with E-state index >= 15 is 0 Å². The first-order valence-electron chi connectivity index (χ1n) is 6.36. The molecule has 0 heterocycles. The van der Waals surface area contributed by atoms with Gasteiger partial charge in [-0.1, -0.05) is 48.8 Å². The Kier molecular flexibility index (Phi) is 4.42. The van der Waals surface area contributed by atoms with E-state index in [4.69, 9.17) is 11.6 Å². The summed E-state index contributed by atoms with van der Waals surface area (Å²) in [5.74, 6) is 5.81. The molecule has 0 N–H and O–H groups in total. The zero-order valence-electron chi connectivity index (χ0n) is 10.4. The Morgan fingerprint density at radius 2 is 1.79 bits per heavy atom. The van der Waals surface area contributed by atoms with Crippen LogP contribution in [0.25, 0.3) is 0 Å². The fourth-order valence-corrected chi connectivity index (χ4v) is 2.53. The van der Waals surface area contributed by atoms with E-state index < -0.39 is 11.7 Å². The highest BCUT2D eigenvalue weighted by atomic mass is 35.5. The van der Waals surface area contributed by atoms with Crippen molar-refractivity contribution in [1.82, 2.24) is 0 Å². The van der Waals surface area contributed by atoms with E-state index in [1.807, 2.05) is 0 Å². The Balaban J connectivity index is 2.31. The summed E-state index contributed by atoms with van der Waals surface area (Å²) in [7, 11) is 0. The fourth-order valence-electron chi connectivity index (χ4n) is 2.31. The van der Waals surface area contributed by atoms with Crippen LogP contribution in [0.4, 0.5) is 13.2 Å². The highest BCUT2D eigenvalue weighted by molar-refractivity contribution is 6.31. The van der Waals surface area contributed by atoms with E-state index in [0.717, 1.165) is 31.7 Å². The molecule has 0 aliphatic heterocycles. The first kappa shape index (κ1) is 14.3. The van der Waals surface area contributed by atoms with Crippen molar-refractivity contribution in [3.05, 3.63) is 34.3 Å². The SMILES string of the molecule is FC(F)(F)c1cccc(Cl)c1C#CC1CCCCC1. The summed E-state index contributed by atoms with van der Waals surface area (Å²) in [6.07, 6.45) is 0.930. The van der Waals surface area contributed by atoms with Crippen LogP contribution in [0.1, 0.15) is 43.2 Å². The van der Waals surface area contributed by atoms with Crippen LogP contribution >= 0.6 is 11.6 Å². The lowest BCUT2D eigenvalue weighted by Crippen LogP contribution is -2.08. The number of benzene rings is 1. The van der Waals surface area contributed by atoms with Crippen molar-refractivity contribution in [1.29, 1.82) is 0 Å². The molecule has 1 aromatic rings. The first-order chi connectivity index (χ1) is 8.98. The van der Waals surface area contributed by atoms with E-state index in [1.54, 1.807) is 0 Å². The molecular formula is C15H14ClF3.